The third-order valence-corrected chi connectivity index (χ3v) is 25.2. The maximum atomic E-state index is 4.69. The van der Waals surface area contributed by atoms with E-state index in [1.165, 1.54) is 201 Å². The van der Waals surface area contributed by atoms with Crippen LogP contribution in [0.2, 0.25) is 0 Å². The molecule has 8 nitrogen and oxygen atoms in total. The van der Waals surface area contributed by atoms with Crippen LogP contribution in [0.4, 0.5) is 0 Å². The minimum atomic E-state index is 1.10. The monoisotopic (exact) mass is 1490 g/mol. The van der Waals surface area contributed by atoms with Crippen molar-refractivity contribution < 1.29 is 0 Å². The fourth-order valence-electron chi connectivity index (χ4n) is 20.1. The number of aryl methyl sites for hydroxylation is 1. The summed E-state index contributed by atoms with van der Waals surface area (Å²) in [5, 5.41) is 30.0. The summed E-state index contributed by atoms with van der Waals surface area (Å²) in [6.07, 6.45) is 15.8. The number of pyridine rings is 4. The quantitative estimate of drug-likeness (QED) is 0.142. The van der Waals surface area contributed by atoms with Gasteiger partial charge < -0.3 is 18.3 Å². The smallest absolute Gasteiger partial charge is 0.0724 e. The predicted molar refractivity (Wildman–Crippen MR) is 490 cm³/mol. The summed E-state index contributed by atoms with van der Waals surface area (Å²) in [6.45, 7) is 2.24. The number of aromatic nitrogens is 8. The van der Waals surface area contributed by atoms with E-state index in [-0.39, 0.29) is 0 Å². The Kier molecular flexibility index (Phi) is 14.0. The standard InChI is InChI=1S/C59H36N4.C50H30N4/c1-35-30-39(46-15-7-11-37-9-3-5-13-44(37)46)20-25-51(35)63-53-32-41-19-23-49-56-40(18-24-50(57(41)56)59(53)48-27-29-61-34-55(48)63)31-52-58(49)47-26-28-60-33-54(47)62(52)42-21-16-38(17-22-42)45-14-6-10-36-8-2-4-12-43(36)45;1-3-7-31(8-4-1)33-11-17-37(18-12-33)53-43-27-35-15-22-42-48-36(16-21-41(47(35)48)49(43)39-23-25-51-29-45(39)53)28-44-50(42)40-24-26-52-30-46(40)54(44)38-19-13-34(14-20-38)32-9-5-2-6-10-32/h2-34H,1H3;1-30H. The second-order valence-corrected chi connectivity index (χ2v) is 31.3. The molecule has 0 spiro atoms. The van der Waals surface area contributed by atoms with Crippen molar-refractivity contribution in [2.75, 3.05) is 0 Å². The van der Waals surface area contributed by atoms with Gasteiger partial charge in [-0.15, -0.1) is 0 Å². The molecule has 117 heavy (non-hydrogen) atoms. The summed E-state index contributed by atoms with van der Waals surface area (Å²) in [5.41, 5.74) is 24.6. The summed E-state index contributed by atoms with van der Waals surface area (Å²) >= 11 is 0. The molecule has 0 fully saturated rings. The highest BCUT2D eigenvalue weighted by molar-refractivity contribution is 6.40. The lowest BCUT2D eigenvalue weighted by molar-refractivity contribution is 1.14. The lowest BCUT2D eigenvalue weighted by Crippen LogP contribution is -1.98. The maximum absolute atomic E-state index is 4.69. The van der Waals surface area contributed by atoms with Gasteiger partial charge in [-0.2, -0.15) is 0 Å². The van der Waals surface area contributed by atoms with E-state index in [2.05, 4.69) is 379 Å². The molecular weight excluding hydrogens is 1420 g/mol. The van der Waals surface area contributed by atoms with Crippen LogP contribution in [-0.4, -0.2) is 38.2 Å². The van der Waals surface area contributed by atoms with Gasteiger partial charge in [-0.1, -0.05) is 237 Å². The first-order chi connectivity index (χ1) is 58.0. The van der Waals surface area contributed by atoms with Crippen LogP contribution in [0.15, 0.2) is 383 Å². The molecule has 0 N–H and O–H groups in total. The molecule has 0 bridgehead atoms. The third kappa shape index (κ3) is 9.64. The van der Waals surface area contributed by atoms with E-state index in [9.17, 15) is 0 Å². The zero-order valence-electron chi connectivity index (χ0n) is 63.5. The largest absolute Gasteiger partial charge is 0.308 e. The first-order valence-corrected chi connectivity index (χ1v) is 40.0. The normalized spacial score (nSPS) is 12.1. The molecule has 8 heterocycles. The maximum Gasteiger partial charge on any atom is 0.0724 e. The molecular formula is C109H66N8. The molecule has 8 aromatic heterocycles. The third-order valence-electron chi connectivity index (χ3n) is 25.2. The van der Waals surface area contributed by atoms with E-state index in [0.717, 1.165) is 44.8 Å². The predicted octanol–water partition coefficient (Wildman–Crippen LogP) is 28.4. The molecule has 0 amide bonds. The van der Waals surface area contributed by atoms with Gasteiger partial charge in [0.2, 0.25) is 0 Å². The summed E-state index contributed by atoms with van der Waals surface area (Å²) in [6, 6.07) is 122. The molecule has 0 atom stereocenters. The van der Waals surface area contributed by atoms with Crippen LogP contribution in [0, 0.1) is 6.92 Å². The Morgan fingerprint density at radius 1 is 0.188 bits per heavy atom. The van der Waals surface area contributed by atoms with Crippen molar-refractivity contribution in [3.8, 4) is 67.3 Å². The van der Waals surface area contributed by atoms with Crippen LogP contribution in [0.3, 0.4) is 0 Å². The van der Waals surface area contributed by atoms with Gasteiger partial charge in [0, 0.05) is 90.6 Å². The zero-order valence-corrected chi connectivity index (χ0v) is 63.5. The molecule has 0 aliphatic rings. The van der Waals surface area contributed by atoms with Gasteiger partial charge in [0.05, 0.1) is 68.9 Å². The summed E-state index contributed by atoms with van der Waals surface area (Å²) in [4.78, 5) is 18.6. The fourth-order valence-corrected chi connectivity index (χ4v) is 20.1. The van der Waals surface area contributed by atoms with E-state index >= 15 is 0 Å². The Morgan fingerprint density at radius 3 is 0.872 bits per heavy atom. The van der Waals surface area contributed by atoms with Crippen molar-refractivity contribution >= 4 is 173 Å². The number of hydrogen-bond acceptors (Lipinski definition) is 4. The van der Waals surface area contributed by atoms with Crippen LogP contribution < -0.4 is 0 Å². The molecule has 0 radical (unpaired) electrons. The zero-order chi connectivity index (χ0) is 76.7. The highest BCUT2D eigenvalue weighted by Crippen LogP contribution is 2.51. The van der Waals surface area contributed by atoms with Crippen molar-refractivity contribution in [2.45, 2.75) is 6.92 Å². The van der Waals surface area contributed by atoms with E-state index in [1.54, 1.807) is 0 Å². The Bertz CT molecular complexity index is 8370. The van der Waals surface area contributed by atoms with Gasteiger partial charge >= 0.3 is 0 Å². The van der Waals surface area contributed by atoms with Crippen LogP contribution in [-0.2, 0) is 0 Å². The Balaban J connectivity index is 0.000000132. The molecule has 0 saturated carbocycles. The molecule has 0 saturated heterocycles. The van der Waals surface area contributed by atoms with E-state index in [1.807, 2.05) is 49.6 Å². The summed E-state index contributed by atoms with van der Waals surface area (Å²) in [5.74, 6) is 0. The molecule has 26 aromatic rings. The lowest BCUT2D eigenvalue weighted by atomic mass is 9.90. The van der Waals surface area contributed by atoms with Crippen molar-refractivity contribution in [2.24, 2.45) is 0 Å². The van der Waals surface area contributed by atoms with Gasteiger partial charge in [-0.25, -0.2) is 0 Å². The first-order valence-electron chi connectivity index (χ1n) is 40.0. The van der Waals surface area contributed by atoms with Crippen LogP contribution in [0.25, 0.3) is 241 Å². The molecule has 542 valence electrons. The number of fused-ring (bicyclic) bond motifs is 18. The number of rotatable bonds is 8. The van der Waals surface area contributed by atoms with Crippen molar-refractivity contribution in [1.82, 2.24) is 38.2 Å². The average Bonchev–Trinajstić information content (AvgIpc) is 1.58. The van der Waals surface area contributed by atoms with Crippen molar-refractivity contribution in [3.63, 3.8) is 0 Å². The van der Waals surface area contributed by atoms with Gasteiger partial charge in [0.15, 0.2) is 0 Å². The van der Waals surface area contributed by atoms with Crippen LogP contribution in [0.5, 0.6) is 0 Å². The molecule has 8 heteroatoms. The molecule has 0 aliphatic carbocycles. The van der Waals surface area contributed by atoms with Crippen molar-refractivity contribution in [3.05, 3.63) is 389 Å². The van der Waals surface area contributed by atoms with Gasteiger partial charge in [0.1, 0.15) is 0 Å². The second-order valence-electron chi connectivity index (χ2n) is 31.3. The van der Waals surface area contributed by atoms with E-state index < -0.39 is 0 Å². The van der Waals surface area contributed by atoms with Crippen LogP contribution in [0.1, 0.15) is 5.56 Å². The SMILES string of the molecule is Cc1cc(-c2cccc3ccccc23)ccc1-n1c2cnccc2c2c3ccc4cc5c(c6ccc(cc21)c3c46)c1ccncc1n5-c1ccc(-c2cccc3ccccc23)cc1.c1ccc(-c2ccc(-n3c4cnccc4c4c5ccc6cc7c(c8ccc(cc43)c5c68)c3ccncc3n7-c3ccc(-c4ccccc4)cc3)cc2)cc1. The van der Waals surface area contributed by atoms with E-state index in [0.29, 0.717) is 0 Å². The first kappa shape index (κ1) is 65.0. The topological polar surface area (TPSA) is 71.3 Å². The number of benzene rings is 18. The van der Waals surface area contributed by atoms with Crippen LogP contribution >= 0.6 is 0 Å². The number of nitrogens with zero attached hydrogens (tertiary/aromatic N) is 8. The number of hydrogen-bond donors (Lipinski definition) is 0. The van der Waals surface area contributed by atoms with E-state index in [4.69, 9.17) is 0 Å². The summed E-state index contributed by atoms with van der Waals surface area (Å²) in [7, 11) is 0. The Morgan fingerprint density at radius 2 is 0.496 bits per heavy atom. The highest BCUT2D eigenvalue weighted by Gasteiger charge is 2.27. The molecule has 26 rings (SSSR count). The molecule has 0 unspecified atom stereocenters. The minimum Gasteiger partial charge on any atom is -0.308 e. The van der Waals surface area contributed by atoms with Gasteiger partial charge in [-0.05, 0) is 240 Å². The Labute approximate surface area is 670 Å². The van der Waals surface area contributed by atoms with Gasteiger partial charge in [0.25, 0.3) is 0 Å². The minimum absolute atomic E-state index is 1.10. The molecule has 18 aromatic carbocycles. The average molecular weight is 1490 g/mol. The molecule has 0 aliphatic heterocycles. The lowest BCUT2D eigenvalue weighted by Gasteiger charge is -2.16. The Hall–Kier alpha value is -15.6. The highest BCUT2D eigenvalue weighted by atomic mass is 15.0. The van der Waals surface area contributed by atoms with Crippen molar-refractivity contribution in [1.29, 1.82) is 0 Å². The fraction of sp³-hybridized carbons (Fsp3) is 0.00917. The van der Waals surface area contributed by atoms with Gasteiger partial charge in [-0.3, -0.25) is 19.9 Å². The summed E-state index contributed by atoms with van der Waals surface area (Å²) < 4.78 is 9.58. The second kappa shape index (κ2) is 25.2.